The maximum Gasteiger partial charge on any atom is 1.00 e. The fraction of sp³-hybridized carbons (Fsp3) is 0.867. The van der Waals surface area contributed by atoms with Gasteiger partial charge in [-0.1, -0.05) is 39.4 Å². The summed E-state index contributed by atoms with van der Waals surface area (Å²) in [5.41, 5.74) is 0. The predicted octanol–water partition coefficient (Wildman–Crippen LogP) is 1.99. The second-order valence-corrected chi connectivity index (χ2v) is 5.78. The Kier molecular flexibility index (Phi) is 52.2. The van der Waals surface area contributed by atoms with E-state index in [-0.39, 0.29) is 26.3 Å². The monoisotopic (exact) mass is 376 g/mol. The van der Waals surface area contributed by atoms with Crippen LogP contribution in [-0.4, -0.2) is 39.7 Å². The normalized spacial score (nSPS) is 7.64. The van der Waals surface area contributed by atoms with Gasteiger partial charge in [-0.15, -0.1) is 0 Å². The molecule has 0 radical (unpaired) electrons. The fourth-order valence-corrected chi connectivity index (χ4v) is 1.68. The van der Waals surface area contributed by atoms with E-state index in [1.807, 2.05) is 4.31 Å². The summed E-state index contributed by atoms with van der Waals surface area (Å²) in [6.45, 7) is 13.0. The molecule has 0 aliphatic rings. The molecule has 0 atom stereocenters. The smallest absolute Gasteiger partial charge is 0.411 e. The molecule has 0 fully saturated rings. The van der Waals surface area contributed by atoms with Gasteiger partial charge in [0.1, 0.15) is 0 Å². The molecular formula is C15H33LiN2S4. The second kappa shape index (κ2) is 33.5. The van der Waals surface area contributed by atoms with Gasteiger partial charge in [0, 0.05) is 17.4 Å². The minimum absolute atomic E-state index is 0. The maximum absolute atomic E-state index is 4.89. The van der Waals surface area contributed by atoms with Gasteiger partial charge in [-0.2, -0.15) is 0 Å². The summed E-state index contributed by atoms with van der Waals surface area (Å²) in [6, 6.07) is 0. The molecule has 0 bridgehead atoms. The van der Waals surface area contributed by atoms with E-state index in [9.17, 15) is 0 Å². The van der Waals surface area contributed by atoms with E-state index in [2.05, 4.69) is 62.3 Å². The first-order valence-corrected chi connectivity index (χ1v) is 8.84. The summed E-state index contributed by atoms with van der Waals surface area (Å²) in [5.74, 6) is 0. The topological polar surface area (TPSA) is 15.3 Å². The van der Waals surface area contributed by atoms with Crippen LogP contribution < -0.4 is 24.2 Å². The molecule has 128 valence electrons. The van der Waals surface area contributed by atoms with E-state index >= 15 is 0 Å². The zero-order valence-electron chi connectivity index (χ0n) is 14.2. The van der Waals surface area contributed by atoms with Crippen LogP contribution >= 0.6 is 36.7 Å². The quantitative estimate of drug-likeness (QED) is 0.299. The number of nitrogens with zero attached hydrogens (tertiary/aromatic N) is 1. The molecule has 0 heterocycles. The average Bonchev–Trinajstić information content (AvgIpc) is 2.41. The molecular weight excluding hydrogens is 343 g/mol. The van der Waals surface area contributed by atoms with Gasteiger partial charge in [0.2, 0.25) is 0 Å². The molecule has 0 unspecified atom stereocenters. The van der Waals surface area contributed by atoms with Crippen LogP contribution in [0.4, 0.5) is 0 Å². The second-order valence-electron chi connectivity index (χ2n) is 4.09. The first kappa shape index (κ1) is 34.3. The standard InChI is InChI=1S/C7H15NS2.C6H15N.CS2.CH4.Li/c1-3-5-8(6-4-2)7(9)10;1-3-5-7-6-4-2;2-1-3;;/h3-6H2,1-2H3,(H,9,10);7H,3-6H2,1-2H3;;1H4;/q;;;;+1/p-1. The van der Waals surface area contributed by atoms with Crippen molar-refractivity contribution in [1.29, 1.82) is 0 Å². The van der Waals surface area contributed by atoms with E-state index < -0.39 is 0 Å². The van der Waals surface area contributed by atoms with Crippen LogP contribution in [0.2, 0.25) is 0 Å². The Balaban J connectivity index is -0.0000000711. The summed E-state index contributed by atoms with van der Waals surface area (Å²) in [7, 11) is 0. The Hall–Kier alpha value is 0.887. The zero-order chi connectivity index (χ0) is 16.2. The molecule has 22 heavy (non-hydrogen) atoms. The van der Waals surface area contributed by atoms with Gasteiger partial charge in [0.05, 0.1) is 0 Å². The molecule has 7 heteroatoms. The molecule has 2 nitrogen and oxygen atoms in total. The van der Waals surface area contributed by atoms with E-state index in [1.54, 1.807) is 0 Å². The van der Waals surface area contributed by atoms with Crippen LogP contribution in [0.5, 0.6) is 0 Å². The first-order chi connectivity index (χ1) is 9.55. The van der Waals surface area contributed by atoms with Gasteiger partial charge in [-0.05, 0) is 63.2 Å². The van der Waals surface area contributed by atoms with Crippen LogP contribution in [0.15, 0.2) is 0 Å². The first-order valence-electron chi connectivity index (χ1n) is 7.21. The largest absolute Gasteiger partial charge is 1.00 e. The van der Waals surface area contributed by atoms with Crippen LogP contribution in [0, 0.1) is 0 Å². The molecule has 0 amide bonds. The van der Waals surface area contributed by atoms with Gasteiger partial charge in [-0.25, -0.2) is 0 Å². The fourth-order valence-electron chi connectivity index (χ4n) is 1.31. The molecule has 0 aromatic rings. The minimum Gasteiger partial charge on any atom is -0.411 e. The van der Waals surface area contributed by atoms with Crippen molar-refractivity contribution in [3.05, 3.63) is 0 Å². The Morgan fingerprint density at radius 1 is 0.955 bits per heavy atom. The molecule has 0 aromatic heterocycles. The van der Waals surface area contributed by atoms with Gasteiger partial charge < -0.3 is 35.1 Å². The van der Waals surface area contributed by atoms with Crippen LogP contribution in [0.1, 0.15) is 60.8 Å². The van der Waals surface area contributed by atoms with Crippen LogP contribution in [0.25, 0.3) is 0 Å². The number of nitrogens with one attached hydrogen (secondary N) is 1. The number of thiocarbonyl (C=S) groups is 3. The number of rotatable bonds is 8. The Morgan fingerprint density at radius 3 is 1.45 bits per heavy atom. The van der Waals surface area contributed by atoms with Crippen LogP contribution in [0.3, 0.4) is 0 Å². The van der Waals surface area contributed by atoms with E-state index in [4.69, 9.17) is 24.8 Å². The molecule has 0 aliphatic carbocycles. The third-order valence-electron chi connectivity index (χ3n) is 2.10. The van der Waals surface area contributed by atoms with E-state index in [1.165, 1.54) is 25.9 Å². The summed E-state index contributed by atoms with van der Waals surface area (Å²) in [6.07, 6.45) is 4.74. The minimum atomic E-state index is 0. The molecule has 0 aromatic carbocycles. The van der Waals surface area contributed by atoms with Crippen molar-refractivity contribution in [3.63, 3.8) is 0 Å². The summed E-state index contributed by atoms with van der Waals surface area (Å²) < 4.78 is 2.53. The molecule has 0 saturated heterocycles. The number of hydrogen-bond donors (Lipinski definition) is 1. The van der Waals surface area contributed by atoms with Crippen molar-refractivity contribution in [3.8, 4) is 0 Å². The Bertz CT molecular complexity index is 226. The van der Waals surface area contributed by atoms with Gasteiger partial charge in [0.15, 0.2) is 0 Å². The van der Waals surface area contributed by atoms with Gasteiger partial charge >= 0.3 is 18.9 Å². The van der Waals surface area contributed by atoms with Gasteiger partial charge in [0.25, 0.3) is 0 Å². The predicted molar refractivity (Wildman–Crippen MR) is 112 cm³/mol. The van der Waals surface area contributed by atoms with E-state index in [0.29, 0.717) is 4.32 Å². The van der Waals surface area contributed by atoms with Crippen LogP contribution in [-0.2, 0) is 12.6 Å². The third-order valence-corrected chi connectivity index (χ3v) is 2.62. The van der Waals surface area contributed by atoms with Crippen molar-refractivity contribution in [1.82, 2.24) is 10.2 Å². The van der Waals surface area contributed by atoms with Crippen molar-refractivity contribution < 1.29 is 18.9 Å². The maximum atomic E-state index is 4.89. The molecule has 0 rings (SSSR count). The SMILES string of the molecule is C.CCCN(CCC)C(=S)[S-].CCCNCCC.S=C=S.[Li+]. The van der Waals surface area contributed by atoms with Crippen molar-refractivity contribution in [2.75, 3.05) is 26.2 Å². The Labute approximate surface area is 173 Å². The summed E-state index contributed by atoms with van der Waals surface area (Å²) >= 11 is 17.7. The van der Waals surface area contributed by atoms with E-state index in [0.717, 1.165) is 25.9 Å². The average molecular weight is 377 g/mol. The Morgan fingerprint density at radius 2 is 1.27 bits per heavy atom. The summed E-state index contributed by atoms with van der Waals surface area (Å²) in [5, 5.41) is 3.28. The molecule has 0 saturated carbocycles. The molecule has 1 N–H and O–H groups in total. The van der Waals surface area contributed by atoms with Crippen molar-refractivity contribution in [2.45, 2.75) is 60.8 Å². The molecule has 0 spiro atoms. The van der Waals surface area contributed by atoms with Crippen molar-refractivity contribution >= 4 is 57.9 Å². The molecule has 0 aliphatic heterocycles. The zero-order valence-corrected chi connectivity index (χ0v) is 17.5. The van der Waals surface area contributed by atoms with Crippen molar-refractivity contribution in [2.24, 2.45) is 0 Å². The number of hydrogen-bond acceptors (Lipinski definition) is 5. The third kappa shape index (κ3) is 37.3. The van der Waals surface area contributed by atoms with Gasteiger partial charge in [-0.3, -0.25) is 0 Å². The summed E-state index contributed by atoms with van der Waals surface area (Å²) in [4.78, 5) is 2.07.